The minimum absolute atomic E-state index is 0.782. The van der Waals surface area contributed by atoms with Crippen molar-refractivity contribution >= 4 is 23.7 Å². The Labute approximate surface area is 84.7 Å². The van der Waals surface area contributed by atoms with Crippen LogP contribution < -0.4 is 5.19 Å². The maximum atomic E-state index is 5.25. The first-order valence-electron chi connectivity index (χ1n) is 4.62. The van der Waals surface area contributed by atoms with E-state index in [9.17, 15) is 0 Å². The smallest absolute Gasteiger partial charge is 0.146 e. The Balaban J connectivity index is 2.92. The van der Waals surface area contributed by atoms with Crippen LogP contribution in [-0.4, -0.2) is 18.6 Å². The Morgan fingerprint density at radius 2 is 2.00 bits per heavy atom. The van der Waals surface area contributed by atoms with Gasteiger partial charge in [0.1, 0.15) is 10.5 Å². The minimum Gasteiger partial charge on any atom is -0.424 e. The van der Waals surface area contributed by atoms with Gasteiger partial charge in [0.25, 0.3) is 0 Å². The Bertz CT molecular complexity index is 278. The first-order valence-corrected chi connectivity index (χ1v) is 8.94. The topological polar surface area (TPSA) is 9.23 Å². The Hall–Kier alpha value is -0.386. The zero-order valence-corrected chi connectivity index (χ0v) is 11.9. The van der Waals surface area contributed by atoms with Crippen LogP contribution in [0.1, 0.15) is 5.56 Å². The molecule has 1 aromatic rings. The van der Waals surface area contributed by atoms with Crippen molar-refractivity contribution in [2.75, 3.05) is 0 Å². The molecule has 13 heavy (non-hydrogen) atoms. The lowest BCUT2D eigenvalue weighted by Gasteiger charge is -2.17. The standard InChI is InChI=1S/C10H18OSi2/c1-13(2,3)10-6-4-5-9(7-10)8-11-12/h4-7H,8H2,1-3,12H3. The molecule has 0 aliphatic carbocycles. The summed E-state index contributed by atoms with van der Waals surface area (Å²) in [5.41, 5.74) is 1.31. The van der Waals surface area contributed by atoms with E-state index in [1.54, 1.807) is 0 Å². The zero-order chi connectivity index (χ0) is 9.90. The molecule has 0 amide bonds. The predicted molar refractivity (Wildman–Crippen MR) is 64.2 cm³/mol. The van der Waals surface area contributed by atoms with E-state index in [1.807, 2.05) is 0 Å². The quantitative estimate of drug-likeness (QED) is 0.677. The normalized spacial score (nSPS) is 11.9. The average Bonchev–Trinajstić information content (AvgIpc) is 2.04. The van der Waals surface area contributed by atoms with Crippen LogP contribution in [0.4, 0.5) is 0 Å². The van der Waals surface area contributed by atoms with Crippen LogP contribution in [-0.2, 0) is 11.0 Å². The van der Waals surface area contributed by atoms with Gasteiger partial charge in [-0.1, -0.05) is 49.1 Å². The van der Waals surface area contributed by atoms with Crippen molar-refractivity contribution < 1.29 is 4.43 Å². The second-order valence-corrected chi connectivity index (χ2v) is 10.0. The van der Waals surface area contributed by atoms with Crippen molar-refractivity contribution in [3.63, 3.8) is 0 Å². The fourth-order valence-electron chi connectivity index (χ4n) is 1.29. The predicted octanol–water partition coefficient (Wildman–Crippen LogP) is 1.03. The summed E-state index contributed by atoms with van der Waals surface area (Å²) < 4.78 is 5.25. The second kappa shape index (κ2) is 4.22. The van der Waals surface area contributed by atoms with E-state index in [4.69, 9.17) is 4.43 Å². The highest BCUT2D eigenvalue weighted by Gasteiger charge is 2.15. The molecule has 0 aliphatic rings. The molecular formula is C10H18OSi2. The number of rotatable bonds is 3. The van der Waals surface area contributed by atoms with Crippen LogP contribution in [0.15, 0.2) is 24.3 Å². The molecule has 0 saturated carbocycles. The number of benzene rings is 1. The van der Waals surface area contributed by atoms with Crippen LogP contribution in [0.25, 0.3) is 0 Å². The summed E-state index contributed by atoms with van der Waals surface area (Å²) in [5.74, 6) is 0. The van der Waals surface area contributed by atoms with Crippen LogP contribution in [0.5, 0.6) is 0 Å². The van der Waals surface area contributed by atoms with Gasteiger partial charge in [-0.3, -0.25) is 0 Å². The molecule has 0 bridgehead atoms. The SMILES string of the molecule is C[Si](C)(C)c1cccc(CO[SiH3])c1. The van der Waals surface area contributed by atoms with Crippen LogP contribution >= 0.6 is 0 Å². The number of hydrogen-bond donors (Lipinski definition) is 0. The van der Waals surface area contributed by atoms with E-state index in [1.165, 1.54) is 10.8 Å². The van der Waals surface area contributed by atoms with Gasteiger partial charge >= 0.3 is 0 Å². The first kappa shape index (κ1) is 10.7. The van der Waals surface area contributed by atoms with Gasteiger partial charge in [-0.2, -0.15) is 0 Å². The molecular weight excluding hydrogens is 192 g/mol. The summed E-state index contributed by atoms with van der Waals surface area (Å²) in [7, 11) is -0.316. The van der Waals surface area contributed by atoms with Gasteiger partial charge in [-0.05, 0) is 5.56 Å². The molecule has 0 N–H and O–H groups in total. The van der Waals surface area contributed by atoms with Gasteiger partial charge < -0.3 is 4.43 Å². The second-order valence-electron chi connectivity index (χ2n) is 4.38. The van der Waals surface area contributed by atoms with Gasteiger partial charge in [0.05, 0.1) is 14.7 Å². The van der Waals surface area contributed by atoms with Crippen molar-refractivity contribution in [2.24, 2.45) is 0 Å². The molecule has 0 unspecified atom stereocenters. The third-order valence-electron chi connectivity index (χ3n) is 2.10. The van der Waals surface area contributed by atoms with Crippen LogP contribution in [0.3, 0.4) is 0 Å². The van der Waals surface area contributed by atoms with E-state index in [0.717, 1.165) is 17.1 Å². The summed E-state index contributed by atoms with van der Waals surface area (Å²) in [4.78, 5) is 0. The fourth-order valence-corrected chi connectivity index (χ4v) is 2.84. The summed E-state index contributed by atoms with van der Waals surface area (Å²) in [6.45, 7) is 7.89. The molecule has 0 spiro atoms. The van der Waals surface area contributed by atoms with E-state index in [2.05, 4.69) is 43.9 Å². The molecule has 1 rings (SSSR count). The molecule has 0 atom stereocenters. The molecule has 72 valence electrons. The maximum absolute atomic E-state index is 5.25. The van der Waals surface area contributed by atoms with Crippen molar-refractivity contribution in [1.29, 1.82) is 0 Å². The zero-order valence-electron chi connectivity index (χ0n) is 8.92. The lowest BCUT2D eigenvalue weighted by Crippen LogP contribution is -2.37. The maximum Gasteiger partial charge on any atom is 0.146 e. The lowest BCUT2D eigenvalue weighted by molar-refractivity contribution is 0.338. The third kappa shape index (κ3) is 3.10. The van der Waals surface area contributed by atoms with E-state index < -0.39 is 8.07 Å². The van der Waals surface area contributed by atoms with Gasteiger partial charge in [-0.15, -0.1) is 0 Å². The summed E-state index contributed by atoms with van der Waals surface area (Å²) in [5, 5.41) is 1.52. The molecule has 3 heteroatoms. The molecule has 0 radical (unpaired) electrons. The Morgan fingerprint density at radius 1 is 1.31 bits per heavy atom. The van der Waals surface area contributed by atoms with Gasteiger partial charge in [0.2, 0.25) is 0 Å². The van der Waals surface area contributed by atoms with Crippen LogP contribution in [0, 0.1) is 0 Å². The largest absolute Gasteiger partial charge is 0.424 e. The fraction of sp³-hybridized carbons (Fsp3) is 0.400. The number of hydrogen-bond acceptors (Lipinski definition) is 1. The van der Waals surface area contributed by atoms with Crippen LogP contribution in [0.2, 0.25) is 19.6 Å². The van der Waals surface area contributed by atoms with Gasteiger partial charge in [-0.25, -0.2) is 0 Å². The van der Waals surface area contributed by atoms with Crippen molar-refractivity contribution in [3.05, 3.63) is 29.8 Å². The summed E-state index contributed by atoms with van der Waals surface area (Å²) in [6.07, 6.45) is 0. The molecule has 1 nitrogen and oxygen atoms in total. The highest BCUT2D eigenvalue weighted by molar-refractivity contribution is 6.88. The first-order chi connectivity index (χ1) is 6.04. The lowest BCUT2D eigenvalue weighted by atomic mass is 10.2. The molecule has 0 fully saturated rings. The van der Waals surface area contributed by atoms with Crippen molar-refractivity contribution in [3.8, 4) is 0 Å². The van der Waals surface area contributed by atoms with E-state index in [-0.39, 0.29) is 0 Å². The molecule has 1 aromatic carbocycles. The van der Waals surface area contributed by atoms with E-state index >= 15 is 0 Å². The molecule has 0 aromatic heterocycles. The highest BCUT2D eigenvalue weighted by atomic mass is 28.3. The summed E-state index contributed by atoms with van der Waals surface area (Å²) >= 11 is 0. The monoisotopic (exact) mass is 210 g/mol. The molecule has 0 saturated heterocycles. The van der Waals surface area contributed by atoms with Crippen molar-refractivity contribution in [2.45, 2.75) is 26.2 Å². The third-order valence-corrected chi connectivity index (χ3v) is 4.44. The molecule has 0 aliphatic heterocycles. The summed E-state index contributed by atoms with van der Waals surface area (Å²) in [6, 6.07) is 8.82. The van der Waals surface area contributed by atoms with Crippen molar-refractivity contribution in [1.82, 2.24) is 0 Å². The molecule has 0 heterocycles. The minimum atomic E-state index is -1.14. The highest BCUT2D eigenvalue weighted by Crippen LogP contribution is 2.05. The Kier molecular flexibility index (Phi) is 3.47. The Morgan fingerprint density at radius 3 is 2.54 bits per heavy atom. The van der Waals surface area contributed by atoms with Gasteiger partial charge in [0, 0.05) is 0 Å². The average molecular weight is 210 g/mol. The van der Waals surface area contributed by atoms with Gasteiger partial charge in [0.15, 0.2) is 0 Å². The van der Waals surface area contributed by atoms with E-state index in [0.29, 0.717) is 0 Å².